The molecule has 0 aliphatic heterocycles. The van der Waals surface area contributed by atoms with E-state index in [-0.39, 0.29) is 5.54 Å². The van der Waals surface area contributed by atoms with E-state index in [0.29, 0.717) is 0 Å². The number of benzene rings is 1. The van der Waals surface area contributed by atoms with Crippen LogP contribution in [-0.4, -0.2) is 33.8 Å². The van der Waals surface area contributed by atoms with Gasteiger partial charge in [-0.25, -0.2) is 0 Å². The Morgan fingerprint density at radius 3 is 1.42 bits per heavy atom. The Labute approximate surface area is 165 Å². The van der Waals surface area contributed by atoms with Crippen molar-refractivity contribution >= 4 is 39.8 Å². The molecule has 0 aromatic heterocycles. The molecule has 0 aliphatic rings. The minimum Gasteiger partial charge on any atom is -0.417 e. The fourth-order valence-corrected chi connectivity index (χ4v) is 17.0. The van der Waals surface area contributed by atoms with Gasteiger partial charge in [0.15, 0.2) is 25.0 Å². The molecule has 1 atom stereocenters. The van der Waals surface area contributed by atoms with Gasteiger partial charge in [0.1, 0.15) is 0 Å². The summed E-state index contributed by atoms with van der Waals surface area (Å²) in [5, 5.41) is 0. The Kier molecular flexibility index (Phi) is 8.04. The Morgan fingerprint density at radius 1 is 0.692 bits per heavy atom. The quantitative estimate of drug-likeness (QED) is 0.417. The van der Waals surface area contributed by atoms with Crippen LogP contribution in [0.1, 0.15) is 12.5 Å². The van der Waals surface area contributed by atoms with E-state index in [2.05, 4.69) is 102 Å². The second kappa shape index (κ2) is 8.81. The third-order valence-corrected chi connectivity index (χ3v) is 15.4. The molecule has 0 bridgehead atoms. The van der Waals surface area contributed by atoms with Crippen LogP contribution in [-0.2, 0) is 12.3 Å². The van der Waals surface area contributed by atoms with E-state index >= 15 is 0 Å². The van der Waals surface area contributed by atoms with Crippen molar-refractivity contribution in [1.82, 2.24) is 0 Å². The van der Waals surface area contributed by atoms with Crippen molar-refractivity contribution in [3.05, 3.63) is 42.0 Å². The second-order valence-corrected chi connectivity index (χ2v) is 27.0. The Bertz CT molecular complexity index is 543. The highest BCUT2D eigenvalue weighted by atomic mass is 28.5. The fourth-order valence-electron chi connectivity index (χ4n) is 2.56. The van der Waals surface area contributed by atoms with Crippen molar-refractivity contribution in [3.8, 4) is 0 Å². The minimum atomic E-state index is -2.86. The molecule has 0 N–H and O–H groups in total. The standard InChI is InChI=1S/C19H38O3Si4/c1-18(16-17-19-14-12-11-13-15-19)26(20-23(2,3)4,21-24(5,6)7)22-25(8,9)10/h11-18H,1-10H3/b17-16+. The molecular formula is C19H38O3Si4. The van der Waals surface area contributed by atoms with Gasteiger partial charge in [0.25, 0.3) is 0 Å². The Morgan fingerprint density at radius 2 is 1.08 bits per heavy atom. The van der Waals surface area contributed by atoms with Gasteiger partial charge in [-0.2, -0.15) is 0 Å². The largest absolute Gasteiger partial charge is 0.476 e. The van der Waals surface area contributed by atoms with E-state index in [1.807, 2.05) is 6.07 Å². The summed E-state index contributed by atoms with van der Waals surface area (Å²) in [7, 11) is -8.38. The number of allylic oxidation sites excluding steroid dienone is 1. The average molecular weight is 427 g/mol. The zero-order valence-electron chi connectivity index (χ0n) is 18.3. The van der Waals surface area contributed by atoms with Crippen molar-refractivity contribution < 1.29 is 12.3 Å². The van der Waals surface area contributed by atoms with Crippen LogP contribution in [0, 0.1) is 0 Å². The monoisotopic (exact) mass is 426 g/mol. The molecular weight excluding hydrogens is 389 g/mol. The summed E-state index contributed by atoms with van der Waals surface area (Å²) in [6, 6.07) is 10.4. The summed E-state index contributed by atoms with van der Waals surface area (Å²) < 4.78 is 20.3. The van der Waals surface area contributed by atoms with Gasteiger partial charge < -0.3 is 12.3 Å². The molecule has 0 aliphatic carbocycles. The van der Waals surface area contributed by atoms with Gasteiger partial charge in [-0.1, -0.05) is 49.4 Å². The molecule has 0 amide bonds. The molecule has 0 saturated heterocycles. The van der Waals surface area contributed by atoms with Gasteiger partial charge >= 0.3 is 8.80 Å². The van der Waals surface area contributed by atoms with Crippen LogP contribution in [0.15, 0.2) is 36.4 Å². The van der Waals surface area contributed by atoms with E-state index in [4.69, 9.17) is 12.3 Å². The highest BCUT2D eigenvalue weighted by molar-refractivity contribution is 6.90. The van der Waals surface area contributed by atoms with Crippen molar-refractivity contribution in [2.24, 2.45) is 0 Å². The van der Waals surface area contributed by atoms with Gasteiger partial charge in [-0.15, -0.1) is 0 Å². The predicted molar refractivity (Wildman–Crippen MR) is 124 cm³/mol. The van der Waals surface area contributed by atoms with E-state index in [0.717, 1.165) is 0 Å². The fraction of sp³-hybridized carbons (Fsp3) is 0.579. The van der Waals surface area contributed by atoms with Crippen molar-refractivity contribution in [1.29, 1.82) is 0 Å². The molecule has 1 unspecified atom stereocenters. The molecule has 7 heteroatoms. The highest BCUT2D eigenvalue weighted by Crippen LogP contribution is 2.35. The zero-order valence-corrected chi connectivity index (χ0v) is 22.3. The number of hydrogen-bond donors (Lipinski definition) is 0. The maximum absolute atomic E-state index is 6.78. The third kappa shape index (κ3) is 9.07. The van der Waals surface area contributed by atoms with E-state index in [9.17, 15) is 0 Å². The van der Waals surface area contributed by atoms with Crippen molar-refractivity contribution in [2.45, 2.75) is 71.4 Å². The third-order valence-electron chi connectivity index (χ3n) is 3.28. The first kappa shape index (κ1) is 23.7. The van der Waals surface area contributed by atoms with Crippen LogP contribution in [0.4, 0.5) is 0 Å². The summed E-state index contributed by atoms with van der Waals surface area (Å²) in [6.07, 6.45) is 4.39. The zero-order chi connectivity index (χ0) is 20.2. The summed E-state index contributed by atoms with van der Waals surface area (Å²) in [4.78, 5) is 0. The second-order valence-electron chi connectivity index (χ2n) is 9.81. The molecule has 26 heavy (non-hydrogen) atoms. The van der Waals surface area contributed by atoms with Crippen LogP contribution in [0.2, 0.25) is 64.5 Å². The van der Waals surface area contributed by atoms with E-state index in [1.54, 1.807) is 0 Å². The maximum Gasteiger partial charge on any atom is 0.476 e. The van der Waals surface area contributed by atoms with Crippen LogP contribution < -0.4 is 0 Å². The lowest BCUT2D eigenvalue weighted by Crippen LogP contribution is -2.62. The summed E-state index contributed by atoms with van der Waals surface area (Å²) >= 11 is 0. The van der Waals surface area contributed by atoms with Gasteiger partial charge in [-0.3, -0.25) is 0 Å². The molecule has 0 radical (unpaired) electrons. The Balaban J connectivity index is 3.30. The molecule has 0 saturated carbocycles. The van der Waals surface area contributed by atoms with Crippen LogP contribution in [0.5, 0.6) is 0 Å². The first-order chi connectivity index (χ1) is 11.6. The van der Waals surface area contributed by atoms with Crippen LogP contribution in [0.3, 0.4) is 0 Å². The first-order valence-electron chi connectivity index (χ1n) is 9.46. The molecule has 0 spiro atoms. The topological polar surface area (TPSA) is 27.7 Å². The molecule has 1 aromatic carbocycles. The molecule has 3 nitrogen and oxygen atoms in total. The lowest BCUT2D eigenvalue weighted by atomic mass is 10.2. The summed E-state index contributed by atoms with van der Waals surface area (Å²) in [6.45, 7) is 22.2. The maximum atomic E-state index is 6.78. The SMILES string of the molecule is CC(/C=C/c1ccccc1)[Si](O[Si](C)(C)C)(O[Si](C)(C)C)O[Si](C)(C)C. The average Bonchev–Trinajstić information content (AvgIpc) is 2.40. The van der Waals surface area contributed by atoms with Crippen molar-refractivity contribution in [2.75, 3.05) is 0 Å². The molecule has 1 aromatic rings. The molecule has 148 valence electrons. The predicted octanol–water partition coefficient (Wildman–Crippen LogP) is 6.58. The molecule has 0 heterocycles. The molecule has 0 fully saturated rings. The lowest BCUT2D eigenvalue weighted by Gasteiger charge is -2.45. The Hall–Kier alpha value is -0.292. The summed E-state index contributed by atoms with van der Waals surface area (Å²) in [5.74, 6) is 0. The molecule has 1 rings (SSSR count). The lowest BCUT2D eigenvalue weighted by molar-refractivity contribution is 0.245. The van der Waals surface area contributed by atoms with E-state index in [1.165, 1.54) is 5.56 Å². The normalized spacial score (nSPS) is 15.5. The minimum absolute atomic E-state index is 0.118. The van der Waals surface area contributed by atoms with Gasteiger partial charge in [0.05, 0.1) is 0 Å². The highest BCUT2D eigenvalue weighted by Gasteiger charge is 2.53. The number of rotatable bonds is 9. The van der Waals surface area contributed by atoms with Crippen LogP contribution in [0.25, 0.3) is 6.08 Å². The van der Waals surface area contributed by atoms with Gasteiger partial charge in [-0.05, 0) is 64.5 Å². The van der Waals surface area contributed by atoms with Crippen LogP contribution >= 0.6 is 0 Å². The van der Waals surface area contributed by atoms with Gasteiger partial charge in [0.2, 0.25) is 0 Å². The first-order valence-corrected chi connectivity index (χ1v) is 21.5. The number of hydrogen-bond acceptors (Lipinski definition) is 3. The smallest absolute Gasteiger partial charge is 0.417 e. The summed E-state index contributed by atoms with van der Waals surface area (Å²) in [5.41, 5.74) is 1.31. The van der Waals surface area contributed by atoms with Gasteiger partial charge in [0, 0.05) is 5.54 Å². The van der Waals surface area contributed by atoms with Crippen molar-refractivity contribution in [3.63, 3.8) is 0 Å². The van der Waals surface area contributed by atoms with E-state index < -0.39 is 33.8 Å².